The molecule has 2 atom stereocenters. The van der Waals surface area contributed by atoms with Crippen molar-refractivity contribution in [2.45, 2.75) is 31.5 Å². The highest BCUT2D eigenvalue weighted by atomic mass is 19.1. The Morgan fingerprint density at radius 1 is 1.50 bits per heavy atom. The summed E-state index contributed by atoms with van der Waals surface area (Å²) in [6.45, 7) is 5.03. The summed E-state index contributed by atoms with van der Waals surface area (Å²) >= 11 is 0. The Hall–Kier alpha value is -1.19. The lowest BCUT2D eigenvalue weighted by molar-refractivity contribution is -0.0731. The van der Waals surface area contributed by atoms with E-state index in [-0.39, 0.29) is 18.0 Å². The van der Waals surface area contributed by atoms with Gasteiger partial charge in [-0.15, -0.1) is 6.58 Å². The van der Waals surface area contributed by atoms with E-state index >= 15 is 0 Å². The molecule has 1 aliphatic rings. The van der Waals surface area contributed by atoms with Crippen molar-refractivity contribution in [2.75, 3.05) is 13.2 Å². The smallest absolute Gasteiger partial charge is 0.123 e. The molecule has 1 heterocycles. The predicted molar refractivity (Wildman–Crippen MR) is 68.9 cm³/mol. The summed E-state index contributed by atoms with van der Waals surface area (Å²) in [4.78, 5) is 0. The number of hydrogen-bond acceptors (Lipinski definition) is 2. The van der Waals surface area contributed by atoms with Gasteiger partial charge in [0.15, 0.2) is 0 Å². The van der Waals surface area contributed by atoms with E-state index in [1.54, 1.807) is 6.07 Å². The molecule has 2 rings (SSSR count). The molecule has 0 aliphatic carbocycles. The van der Waals surface area contributed by atoms with Crippen molar-refractivity contribution in [3.8, 4) is 0 Å². The van der Waals surface area contributed by atoms with E-state index in [2.05, 4.69) is 6.58 Å². The summed E-state index contributed by atoms with van der Waals surface area (Å²) in [6.07, 6.45) is 4.56. The third kappa shape index (κ3) is 3.65. The van der Waals surface area contributed by atoms with Gasteiger partial charge in [0.2, 0.25) is 0 Å². The van der Waals surface area contributed by atoms with Crippen LogP contribution in [0.5, 0.6) is 0 Å². The molecular weight excluding hydrogens is 231 g/mol. The van der Waals surface area contributed by atoms with Crippen molar-refractivity contribution in [1.29, 1.82) is 0 Å². The zero-order chi connectivity index (χ0) is 12.8. The van der Waals surface area contributed by atoms with Gasteiger partial charge in [-0.1, -0.05) is 18.2 Å². The minimum atomic E-state index is -0.217. The quantitative estimate of drug-likeness (QED) is 0.586. The topological polar surface area (TPSA) is 18.5 Å². The van der Waals surface area contributed by atoms with Gasteiger partial charge in [0.05, 0.1) is 18.8 Å². The molecular formula is C15H19FO2. The third-order valence-electron chi connectivity index (χ3n) is 3.13. The second-order valence-electron chi connectivity index (χ2n) is 4.51. The SMILES string of the molecule is C=CCCOC1CCOC(c2cccc(F)c2)C1. The fourth-order valence-corrected chi connectivity index (χ4v) is 2.17. The van der Waals surface area contributed by atoms with Gasteiger partial charge in [-0.3, -0.25) is 0 Å². The Morgan fingerprint density at radius 2 is 2.39 bits per heavy atom. The maximum Gasteiger partial charge on any atom is 0.123 e. The van der Waals surface area contributed by atoms with Crippen molar-refractivity contribution in [1.82, 2.24) is 0 Å². The van der Waals surface area contributed by atoms with Crippen LogP contribution < -0.4 is 0 Å². The van der Waals surface area contributed by atoms with Crippen LogP contribution >= 0.6 is 0 Å². The molecule has 1 fully saturated rings. The molecule has 0 aromatic heterocycles. The standard InChI is InChI=1S/C15H19FO2/c1-2-3-8-17-14-7-9-18-15(11-14)12-5-4-6-13(16)10-12/h2,4-6,10,14-15H,1,3,7-9,11H2. The first-order chi connectivity index (χ1) is 8.79. The molecule has 2 nitrogen and oxygen atoms in total. The van der Waals surface area contributed by atoms with Crippen molar-refractivity contribution in [3.63, 3.8) is 0 Å². The fraction of sp³-hybridized carbons (Fsp3) is 0.467. The molecule has 0 N–H and O–H groups in total. The molecule has 0 spiro atoms. The molecule has 2 unspecified atom stereocenters. The van der Waals surface area contributed by atoms with E-state index in [0.717, 1.165) is 24.8 Å². The lowest BCUT2D eigenvalue weighted by Gasteiger charge is -2.29. The Balaban J connectivity index is 1.91. The third-order valence-corrected chi connectivity index (χ3v) is 3.13. The number of ether oxygens (including phenoxy) is 2. The molecule has 1 aliphatic heterocycles. The number of halogens is 1. The van der Waals surface area contributed by atoms with Crippen LogP contribution in [0.4, 0.5) is 4.39 Å². The van der Waals surface area contributed by atoms with E-state index in [9.17, 15) is 4.39 Å². The van der Waals surface area contributed by atoms with Gasteiger partial charge in [-0.25, -0.2) is 4.39 Å². The Bertz CT molecular complexity index is 392. The van der Waals surface area contributed by atoms with E-state index in [1.165, 1.54) is 12.1 Å². The summed E-state index contributed by atoms with van der Waals surface area (Å²) in [5.41, 5.74) is 0.895. The molecule has 0 radical (unpaired) electrons. The van der Waals surface area contributed by atoms with Gasteiger partial charge in [0, 0.05) is 13.0 Å². The second-order valence-corrected chi connectivity index (χ2v) is 4.51. The zero-order valence-corrected chi connectivity index (χ0v) is 10.5. The number of hydrogen-bond donors (Lipinski definition) is 0. The van der Waals surface area contributed by atoms with Gasteiger partial charge >= 0.3 is 0 Å². The van der Waals surface area contributed by atoms with Gasteiger partial charge in [0.1, 0.15) is 5.82 Å². The highest BCUT2D eigenvalue weighted by molar-refractivity contribution is 5.19. The van der Waals surface area contributed by atoms with Crippen LogP contribution in [0.15, 0.2) is 36.9 Å². The molecule has 0 saturated carbocycles. The minimum absolute atomic E-state index is 0.0526. The molecule has 0 bridgehead atoms. The van der Waals surface area contributed by atoms with Crippen LogP contribution in [-0.4, -0.2) is 19.3 Å². The molecule has 98 valence electrons. The highest BCUT2D eigenvalue weighted by Crippen LogP contribution is 2.29. The number of rotatable bonds is 5. The first-order valence-electron chi connectivity index (χ1n) is 6.39. The van der Waals surface area contributed by atoms with Crippen LogP contribution in [0.1, 0.15) is 30.9 Å². The molecule has 1 saturated heterocycles. The van der Waals surface area contributed by atoms with E-state index in [1.807, 2.05) is 12.1 Å². The average molecular weight is 250 g/mol. The summed E-state index contributed by atoms with van der Waals surface area (Å²) in [5.74, 6) is -0.217. The monoisotopic (exact) mass is 250 g/mol. The lowest BCUT2D eigenvalue weighted by atomic mass is 9.99. The van der Waals surface area contributed by atoms with E-state index in [4.69, 9.17) is 9.47 Å². The van der Waals surface area contributed by atoms with Gasteiger partial charge in [0.25, 0.3) is 0 Å². The molecule has 3 heteroatoms. The summed E-state index contributed by atoms with van der Waals surface area (Å²) < 4.78 is 24.6. The molecule has 1 aromatic rings. The van der Waals surface area contributed by atoms with Crippen LogP contribution in [0, 0.1) is 5.82 Å². The summed E-state index contributed by atoms with van der Waals surface area (Å²) in [5, 5.41) is 0. The maximum atomic E-state index is 13.2. The van der Waals surface area contributed by atoms with Crippen molar-refractivity contribution >= 4 is 0 Å². The Morgan fingerprint density at radius 3 is 3.17 bits per heavy atom. The zero-order valence-electron chi connectivity index (χ0n) is 10.5. The summed E-state index contributed by atoms with van der Waals surface area (Å²) in [7, 11) is 0. The second kappa shape index (κ2) is 6.66. The predicted octanol–water partition coefficient (Wildman–Crippen LogP) is 3.64. The van der Waals surface area contributed by atoms with E-state index < -0.39 is 0 Å². The highest BCUT2D eigenvalue weighted by Gasteiger charge is 2.24. The van der Waals surface area contributed by atoms with E-state index in [0.29, 0.717) is 13.2 Å². The van der Waals surface area contributed by atoms with Crippen LogP contribution in [-0.2, 0) is 9.47 Å². The van der Waals surface area contributed by atoms with Gasteiger partial charge in [-0.2, -0.15) is 0 Å². The molecule has 0 amide bonds. The lowest BCUT2D eigenvalue weighted by Crippen LogP contribution is -2.26. The maximum absolute atomic E-state index is 13.2. The van der Waals surface area contributed by atoms with Crippen LogP contribution in [0.25, 0.3) is 0 Å². The van der Waals surface area contributed by atoms with Crippen molar-refractivity contribution < 1.29 is 13.9 Å². The normalized spacial score (nSPS) is 23.8. The van der Waals surface area contributed by atoms with Crippen LogP contribution in [0.3, 0.4) is 0 Å². The summed E-state index contributed by atoms with van der Waals surface area (Å²) in [6, 6.07) is 6.61. The number of benzene rings is 1. The Kier molecular flexibility index (Phi) is 4.90. The molecule has 1 aromatic carbocycles. The fourth-order valence-electron chi connectivity index (χ4n) is 2.17. The molecule has 18 heavy (non-hydrogen) atoms. The first-order valence-corrected chi connectivity index (χ1v) is 6.39. The largest absolute Gasteiger partial charge is 0.378 e. The minimum Gasteiger partial charge on any atom is -0.378 e. The first kappa shape index (κ1) is 13.2. The average Bonchev–Trinajstić information content (AvgIpc) is 2.39. The Labute approximate surface area is 107 Å². The van der Waals surface area contributed by atoms with Crippen molar-refractivity contribution in [2.24, 2.45) is 0 Å². The van der Waals surface area contributed by atoms with Gasteiger partial charge < -0.3 is 9.47 Å². The van der Waals surface area contributed by atoms with Crippen molar-refractivity contribution in [3.05, 3.63) is 48.3 Å². The van der Waals surface area contributed by atoms with Gasteiger partial charge in [-0.05, 0) is 30.5 Å². The van der Waals surface area contributed by atoms with Crippen LogP contribution in [0.2, 0.25) is 0 Å².